The lowest BCUT2D eigenvalue weighted by molar-refractivity contribution is -0.117. The molecule has 1 heterocycles. The highest BCUT2D eigenvalue weighted by atomic mass is 16.7. The van der Waals surface area contributed by atoms with Gasteiger partial charge < -0.3 is 25.3 Å². The average Bonchev–Trinajstić information content (AvgIpc) is 3.09. The van der Waals surface area contributed by atoms with Crippen LogP contribution in [0.15, 0.2) is 30.0 Å². The number of amides is 2. The summed E-state index contributed by atoms with van der Waals surface area (Å²) in [5.74, 6) is 0.620. The summed E-state index contributed by atoms with van der Waals surface area (Å²) in [6.07, 6.45) is 0.463. The lowest BCUT2D eigenvalue weighted by atomic mass is 10.2. The van der Waals surface area contributed by atoms with Crippen LogP contribution in [0.25, 0.3) is 0 Å². The van der Waals surface area contributed by atoms with E-state index in [1.165, 1.54) is 0 Å². The number of nitriles is 1. The molecule has 1 aliphatic rings. The van der Waals surface area contributed by atoms with Gasteiger partial charge in [-0.05, 0) is 38.5 Å². The zero-order valence-electron chi connectivity index (χ0n) is 16.2. The minimum Gasteiger partial charge on any atom is -0.454 e. The first kappa shape index (κ1) is 21.1. The van der Waals surface area contributed by atoms with E-state index >= 15 is 0 Å². The molecule has 0 aromatic heterocycles. The molecule has 9 heteroatoms. The molecule has 3 N–H and O–H groups in total. The maximum absolute atomic E-state index is 12.4. The van der Waals surface area contributed by atoms with Crippen molar-refractivity contribution in [2.24, 2.45) is 5.73 Å². The number of ether oxygens (including phenoxy) is 3. The first-order valence-corrected chi connectivity index (χ1v) is 8.72. The molecule has 28 heavy (non-hydrogen) atoms. The molecule has 1 aliphatic heterocycles. The summed E-state index contributed by atoms with van der Waals surface area (Å²) in [5.41, 5.74) is 5.35. The van der Waals surface area contributed by atoms with Gasteiger partial charge in [0.2, 0.25) is 6.79 Å². The highest BCUT2D eigenvalue weighted by molar-refractivity contribution is 5.97. The summed E-state index contributed by atoms with van der Waals surface area (Å²) in [5, 5.41) is 12.0. The Bertz CT molecular complexity index is 808. The van der Waals surface area contributed by atoms with Crippen LogP contribution in [0, 0.1) is 11.3 Å². The number of nitrogens with two attached hydrogens (primary N) is 1. The van der Waals surface area contributed by atoms with Gasteiger partial charge in [-0.25, -0.2) is 4.79 Å². The molecule has 1 aromatic rings. The summed E-state index contributed by atoms with van der Waals surface area (Å²) in [7, 11) is 0. The Kier molecular flexibility index (Phi) is 6.84. The zero-order valence-corrected chi connectivity index (χ0v) is 16.2. The summed E-state index contributed by atoms with van der Waals surface area (Å²) in [6, 6.07) is 7.08. The van der Waals surface area contributed by atoms with E-state index in [1.807, 2.05) is 0 Å². The van der Waals surface area contributed by atoms with Crippen molar-refractivity contribution >= 4 is 12.0 Å². The smallest absolute Gasteiger partial charge is 0.414 e. The summed E-state index contributed by atoms with van der Waals surface area (Å²) < 4.78 is 15.8. The van der Waals surface area contributed by atoms with Gasteiger partial charge in [-0.1, -0.05) is 6.07 Å². The molecule has 0 aliphatic carbocycles. The van der Waals surface area contributed by atoms with E-state index in [9.17, 15) is 14.9 Å². The molecule has 0 saturated carbocycles. The van der Waals surface area contributed by atoms with E-state index in [-0.39, 0.29) is 32.0 Å². The van der Waals surface area contributed by atoms with Crippen molar-refractivity contribution in [3.63, 3.8) is 0 Å². The highest BCUT2D eigenvalue weighted by Crippen LogP contribution is 2.32. The number of hydrogen-bond donors (Lipinski definition) is 2. The highest BCUT2D eigenvalue weighted by Gasteiger charge is 2.22. The Labute approximate surface area is 163 Å². The molecule has 150 valence electrons. The fourth-order valence-electron chi connectivity index (χ4n) is 2.29. The fraction of sp³-hybridized carbons (Fsp3) is 0.421. The van der Waals surface area contributed by atoms with Gasteiger partial charge in [0.1, 0.15) is 17.2 Å². The third kappa shape index (κ3) is 5.89. The Balaban J connectivity index is 2.05. The molecule has 2 amide bonds. The number of benzene rings is 1. The Morgan fingerprint density at radius 2 is 2.07 bits per heavy atom. The molecular weight excluding hydrogens is 364 g/mol. The van der Waals surface area contributed by atoms with Crippen LogP contribution in [0.2, 0.25) is 0 Å². The lowest BCUT2D eigenvalue weighted by Gasteiger charge is -2.25. The van der Waals surface area contributed by atoms with E-state index in [1.54, 1.807) is 45.0 Å². The maximum atomic E-state index is 12.4. The van der Waals surface area contributed by atoms with Crippen molar-refractivity contribution < 1.29 is 23.8 Å². The van der Waals surface area contributed by atoms with E-state index in [0.29, 0.717) is 11.5 Å². The SMILES string of the molecule is CC(C)(C)OC(=O)N(/C=C(/C#N)C(=O)NCc1ccc2c(c1)OCO2)CCN. The standard InChI is InChI=1S/C19H24N4O5/c1-19(2,3)28-18(25)23(7-6-20)11-14(9-21)17(24)22-10-13-4-5-15-16(8-13)27-12-26-15/h4-5,8,11H,6-7,10,12,20H2,1-3H3,(H,22,24)/b14-11-. The van der Waals surface area contributed by atoms with Crippen molar-refractivity contribution in [2.45, 2.75) is 32.9 Å². The molecular formula is C19H24N4O5. The third-order valence-electron chi connectivity index (χ3n) is 3.54. The Hall–Kier alpha value is -3.25. The van der Waals surface area contributed by atoms with Crippen LogP contribution in [0.5, 0.6) is 11.5 Å². The number of nitrogens with zero attached hydrogens (tertiary/aromatic N) is 2. The average molecular weight is 388 g/mol. The van der Waals surface area contributed by atoms with Crippen LogP contribution >= 0.6 is 0 Å². The van der Waals surface area contributed by atoms with Crippen molar-refractivity contribution in [1.82, 2.24) is 10.2 Å². The van der Waals surface area contributed by atoms with Gasteiger partial charge in [0, 0.05) is 25.8 Å². The van der Waals surface area contributed by atoms with E-state index in [0.717, 1.165) is 16.7 Å². The van der Waals surface area contributed by atoms with Crippen LogP contribution in [0.3, 0.4) is 0 Å². The first-order valence-electron chi connectivity index (χ1n) is 8.72. The third-order valence-corrected chi connectivity index (χ3v) is 3.54. The van der Waals surface area contributed by atoms with Crippen LogP contribution < -0.4 is 20.5 Å². The molecule has 0 fully saturated rings. The van der Waals surface area contributed by atoms with Crippen LogP contribution in [0.1, 0.15) is 26.3 Å². The molecule has 2 rings (SSSR count). The van der Waals surface area contributed by atoms with Gasteiger partial charge in [0.25, 0.3) is 5.91 Å². The van der Waals surface area contributed by atoms with Crippen LogP contribution in [0.4, 0.5) is 4.79 Å². The number of nitrogens with one attached hydrogen (secondary N) is 1. The monoisotopic (exact) mass is 388 g/mol. The van der Waals surface area contributed by atoms with Crippen LogP contribution in [-0.2, 0) is 16.1 Å². The van der Waals surface area contributed by atoms with Crippen molar-refractivity contribution in [2.75, 3.05) is 19.9 Å². The topological polar surface area (TPSA) is 127 Å². The van der Waals surface area contributed by atoms with E-state index in [4.69, 9.17) is 19.9 Å². The minimum atomic E-state index is -0.716. The molecule has 0 atom stereocenters. The Morgan fingerprint density at radius 1 is 1.36 bits per heavy atom. The van der Waals surface area contributed by atoms with Crippen molar-refractivity contribution in [3.8, 4) is 17.6 Å². The maximum Gasteiger partial charge on any atom is 0.414 e. The van der Waals surface area contributed by atoms with Gasteiger partial charge in [0.05, 0.1) is 0 Å². The normalized spacial score (nSPS) is 12.9. The molecule has 0 radical (unpaired) electrons. The van der Waals surface area contributed by atoms with Gasteiger partial charge in [-0.2, -0.15) is 5.26 Å². The van der Waals surface area contributed by atoms with Crippen molar-refractivity contribution in [1.29, 1.82) is 5.26 Å². The number of carbonyl (C=O) groups is 2. The molecule has 0 spiro atoms. The van der Waals surface area contributed by atoms with E-state index < -0.39 is 17.6 Å². The molecule has 0 saturated heterocycles. The first-order chi connectivity index (χ1) is 13.2. The van der Waals surface area contributed by atoms with E-state index in [2.05, 4.69) is 5.32 Å². The van der Waals surface area contributed by atoms with Crippen LogP contribution in [-0.4, -0.2) is 42.4 Å². The Morgan fingerprint density at radius 3 is 2.71 bits per heavy atom. The molecule has 0 bridgehead atoms. The van der Waals surface area contributed by atoms with Gasteiger partial charge in [-0.15, -0.1) is 0 Å². The van der Waals surface area contributed by atoms with Gasteiger partial charge in [0.15, 0.2) is 11.5 Å². The fourth-order valence-corrected chi connectivity index (χ4v) is 2.29. The summed E-state index contributed by atoms with van der Waals surface area (Å²) >= 11 is 0. The number of fused-ring (bicyclic) bond motifs is 1. The van der Waals surface area contributed by atoms with Gasteiger partial charge in [-0.3, -0.25) is 9.69 Å². The quantitative estimate of drug-likeness (QED) is 0.560. The zero-order chi connectivity index (χ0) is 20.7. The second-order valence-corrected chi connectivity index (χ2v) is 6.99. The van der Waals surface area contributed by atoms with Crippen molar-refractivity contribution in [3.05, 3.63) is 35.5 Å². The number of carbonyl (C=O) groups excluding carboxylic acids is 2. The summed E-state index contributed by atoms with van der Waals surface area (Å²) in [6.45, 7) is 5.75. The molecule has 1 aromatic carbocycles. The predicted octanol–water partition coefficient (Wildman–Crippen LogP) is 1.63. The number of rotatable bonds is 6. The summed E-state index contributed by atoms with van der Waals surface area (Å²) in [4.78, 5) is 25.7. The van der Waals surface area contributed by atoms with Gasteiger partial charge >= 0.3 is 6.09 Å². The number of hydrogen-bond acceptors (Lipinski definition) is 7. The second kappa shape index (κ2) is 9.10. The predicted molar refractivity (Wildman–Crippen MR) is 100 cm³/mol. The minimum absolute atomic E-state index is 0.107. The molecule has 0 unspecified atom stereocenters. The molecule has 9 nitrogen and oxygen atoms in total. The lowest BCUT2D eigenvalue weighted by Crippen LogP contribution is -2.37. The largest absolute Gasteiger partial charge is 0.454 e. The second-order valence-electron chi connectivity index (χ2n) is 6.99.